The van der Waals surface area contributed by atoms with E-state index in [0.29, 0.717) is 17.4 Å². The number of aromatic nitrogens is 1. The zero-order chi connectivity index (χ0) is 14.7. The number of rotatable bonds is 4. The SMILES string of the molecule is CCNc1nc(Nc2cc(F)cc(F)c2)c(Cl)cc1Cl. The smallest absolute Gasteiger partial charge is 0.151 e. The zero-order valence-corrected chi connectivity index (χ0v) is 12.0. The van der Waals surface area contributed by atoms with Crippen LogP contribution in [-0.4, -0.2) is 11.5 Å². The van der Waals surface area contributed by atoms with Crippen LogP contribution in [0.4, 0.5) is 26.1 Å². The molecule has 0 aliphatic carbocycles. The predicted molar refractivity (Wildman–Crippen MR) is 78.1 cm³/mol. The Kier molecular flexibility index (Phi) is 4.62. The fourth-order valence-electron chi connectivity index (χ4n) is 1.61. The first kappa shape index (κ1) is 14.8. The average Bonchev–Trinajstić information content (AvgIpc) is 2.34. The van der Waals surface area contributed by atoms with Crippen LogP contribution in [-0.2, 0) is 0 Å². The third kappa shape index (κ3) is 3.49. The molecule has 106 valence electrons. The van der Waals surface area contributed by atoms with Gasteiger partial charge in [-0.1, -0.05) is 23.2 Å². The van der Waals surface area contributed by atoms with Gasteiger partial charge in [0.15, 0.2) is 5.82 Å². The number of anilines is 3. The second-order valence-corrected chi connectivity index (χ2v) is 4.78. The van der Waals surface area contributed by atoms with E-state index in [1.54, 1.807) is 0 Å². The summed E-state index contributed by atoms with van der Waals surface area (Å²) in [6, 6.07) is 4.57. The molecule has 2 aromatic rings. The first-order chi connectivity index (χ1) is 9.49. The number of halogens is 4. The number of pyridine rings is 1. The molecule has 0 radical (unpaired) electrons. The van der Waals surface area contributed by atoms with Crippen molar-refractivity contribution in [3.8, 4) is 0 Å². The quantitative estimate of drug-likeness (QED) is 0.847. The van der Waals surface area contributed by atoms with E-state index < -0.39 is 11.6 Å². The van der Waals surface area contributed by atoms with Gasteiger partial charge in [0.05, 0.1) is 10.0 Å². The largest absolute Gasteiger partial charge is 0.369 e. The molecule has 1 aromatic heterocycles. The third-order valence-corrected chi connectivity index (χ3v) is 2.98. The highest BCUT2D eigenvalue weighted by Gasteiger charge is 2.10. The Hall–Kier alpha value is -1.59. The maximum atomic E-state index is 13.1. The van der Waals surface area contributed by atoms with Gasteiger partial charge in [0.25, 0.3) is 0 Å². The van der Waals surface area contributed by atoms with Gasteiger partial charge in [-0.15, -0.1) is 0 Å². The highest BCUT2D eigenvalue weighted by Crippen LogP contribution is 2.31. The maximum absolute atomic E-state index is 13.1. The van der Waals surface area contributed by atoms with Crippen molar-refractivity contribution in [3.63, 3.8) is 0 Å². The van der Waals surface area contributed by atoms with Gasteiger partial charge in [-0.05, 0) is 25.1 Å². The number of hydrogen-bond acceptors (Lipinski definition) is 3. The minimum Gasteiger partial charge on any atom is -0.369 e. The number of nitrogens with zero attached hydrogens (tertiary/aromatic N) is 1. The molecule has 3 nitrogen and oxygen atoms in total. The van der Waals surface area contributed by atoms with Crippen LogP contribution in [0.1, 0.15) is 6.92 Å². The van der Waals surface area contributed by atoms with E-state index in [9.17, 15) is 8.78 Å². The van der Waals surface area contributed by atoms with E-state index in [2.05, 4.69) is 15.6 Å². The molecule has 0 amide bonds. The van der Waals surface area contributed by atoms with Crippen molar-refractivity contribution >= 4 is 40.5 Å². The summed E-state index contributed by atoms with van der Waals surface area (Å²) < 4.78 is 26.3. The van der Waals surface area contributed by atoms with E-state index >= 15 is 0 Å². The average molecular weight is 318 g/mol. The monoisotopic (exact) mass is 317 g/mol. The second-order valence-electron chi connectivity index (χ2n) is 3.96. The Morgan fingerprint density at radius 2 is 1.60 bits per heavy atom. The molecule has 0 saturated carbocycles. The van der Waals surface area contributed by atoms with Gasteiger partial charge in [-0.2, -0.15) is 0 Å². The summed E-state index contributed by atoms with van der Waals surface area (Å²) >= 11 is 12.0. The molecule has 0 aliphatic heterocycles. The number of benzene rings is 1. The molecule has 2 N–H and O–H groups in total. The van der Waals surface area contributed by atoms with Crippen molar-refractivity contribution in [1.82, 2.24) is 4.98 Å². The molecule has 0 bridgehead atoms. The Balaban J connectivity index is 2.34. The lowest BCUT2D eigenvalue weighted by Crippen LogP contribution is -2.03. The van der Waals surface area contributed by atoms with E-state index in [0.717, 1.165) is 18.2 Å². The van der Waals surface area contributed by atoms with E-state index in [1.807, 2.05) is 6.92 Å². The zero-order valence-electron chi connectivity index (χ0n) is 10.5. The Morgan fingerprint density at radius 1 is 1.00 bits per heavy atom. The number of nitrogens with one attached hydrogen (secondary N) is 2. The van der Waals surface area contributed by atoms with Crippen LogP contribution in [0.2, 0.25) is 10.0 Å². The predicted octanol–water partition coefficient (Wildman–Crippen LogP) is 4.84. The molecule has 0 aliphatic rings. The Labute approximate surface area is 124 Å². The van der Waals surface area contributed by atoms with Gasteiger partial charge in [-0.25, -0.2) is 13.8 Å². The fraction of sp³-hybridized carbons (Fsp3) is 0.154. The van der Waals surface area contributed by atoms with Crippen molar-refractivity contribution < 1.29 is 8.78 Å². The van der Waals surface area contributed by atoms with Gasteiger partial charge < -0.3 is 10.6 Å². The molecule has 0 atom stereocenters. The molecular weight excluding hydrogens is 307 g/mol. The summed E-state index contributed by atoms with van der Waals surface area (Å²) in [5.41, 5.74) is 0.210. The van der Waals surface area contributed by atoms with Crippen molar-refractivity contribution in [2.45, 2.75) is 6.92 Å². The van der Waals surface area contributed by atoms with Gasteiger partial charge in [-0.3, -0.25) is 0 Å². The van der Waals surface area contributed by atoms with E-state index in [4.69, 9.17) is 23.2 Å². The topological polar surface area (TPSA) is 37.0 Å². The van der Waals surface area contributed by atoms with Crippen molar-refractivity contribution in [3.05, 3.63) is 45.9 Å². The van der Waals surface area contributed by atoms with Crippen LogP contribution in [0.3, 0.4) is 0 Å². The minimum absolute atomic E-state index is 0.210. The standard InChI is InChI=1S/C13H11Cl2F2N3/c1-2-18-12-10(14)6-11(15)13(20-12)19-9-4-7(16)3-8(17)5-9/h3-6H,2H2,1H3,(H2,18,19,20). The normalized spacial score (nSPS) is 10.4. The van der Waals surface area contributed by atoms with Crippen molar-refractivity contribution in [2.24, 2.45) is 0 Å². The van der Waals surface area contributed by atoms with Crippen LogP contribution in [0, 0.1) is 11.6 Å². The lowest BCUT2D eigenvalue weighted by atomic mass is 10.3. The first-order valence-electron chi connectivity index (χ1n) is 5.82. The highest BCUT2D eigenvalue weighted by atomic mass is 35.5. The van der Waals surface area contributed by atoms with Crippen LogP contribution in [0.15, 0.2) is 24.3 Å². The first-order valence-corrected chi connectivity index (χ1v) is 6.58. The molecule has 7 heteroatoms. The number of hydrogen-bond donors (Lipinski definition) is 2. The van der Waals surface area contributed by atoms with Gasteiger partial charge in [0.2, 0.25) is 0 Å². The van der Waals surface area contributed by atoms with Gasteiger partial charge in [0.1, 0.15) is 17.5 Å². The lowest BCUT2D eigenvalue weighted by Gasteiger charge is -2.12. The second kappa shape index (κ2) is 6.24. The molecule has 1 heterocycles. The summed E-state index contributed by atoms with van der Waals surface area (Å²) in [5.74, 6) is -0.677. The van der Waals surface area contributed by atoms with Crippen molar-refractivity contribution in [1.29, 1.82) is 0 Å². The van der Waals surface area contributed by atoms with Gasteiger partial charge in [0, 0.05) is 18.3 Å². The summed E-state index contributed by atoms with van der Waals surface area (Å²) in [6.07, 6.45) is 0. The van der Waals surface area contributed by atoms with Gasteiger partial charge >= 0.3 is 0 Å². The van der Waals surface area contributed by atoms with E-state index in [1.165, 1.54) is 6.07 Å². The Bertz CT molecular complexity index is 615. The maximum Gasteiger partial charge on any atom is 0.151 e. The lowest BCUT2D eigenvalue weighted by molar-refractivity contribution is 0.584. The third-order valence-electron chi connectivity index (χ3n) is 2.40. The summed E-state index contributed by atoms with van der Waals surface area (Å²) in [6.45, 7) is 2.52. The van der Waals surface area contributed by atoms with Crippen LogP contribution >= 0.6 is 23.2 Å². The van der Waals surface area contributed by atoms with Crippen molar-refractivity contribution in [2.75, 3.05) is 17.2 Å². The minimum atomic E-state index is -0.690. The summed E-state index contributed by atoms with van der Waals surface area (Å²) in [4.78, 5) is 4.19. The molecular formula is C13H11Cl2F2N3. The molecule has 1 aromatic carbocycles. The fourth-order valence-corrected chi connectivity index (χ4v) is 2.08. The molecule has 0 fully saturated rings. The van der Waals surface area contributed by atoms with Crippen LogP contribution < -0.4 is 10.6 Å². The van der Waals surface area contributed by atoms with Crippen LogP contribution in [0.25, 0.3) is 0 Å². The van der Waals surface area contributed by atoms with E-state index in [-0.39, 0.29) is 16.5 Å². The Morgan fingerprint density at radius 3 is 2.20 bits per heavy atom. The summed E-state index contributed by atoms with van der Waals surface area (Å²) in [7, 11) is 0. The molecule has 0 unspecified atom stereocenters. The molecule has 2 rings (SSSR count). The molecule has 0 spiro atoms. The molecule has 0 saturated heterocycles. The van der Waals surface area contributed by atoms with Crippen LogP contribution in [0.5, 0.6) is 0 Å². The molecule has 20 heavy (non-hydrogen) atoms. The summed E-state index contributed by atoms with van der Waals surface area (Å²) in [5, 5.41) is 6.34. The highest BCUT2D eigenvalue weighted by molar-refractivity contribution is 6.37.